The lowest BCUT2D eigenvalue weighted by atomic mass is 9.99. The van der Waals surface area contributed by atoms with Crippen molar-refractivity contribution < 1.29 is 80.2 Å². The van der Waals surface area contributed by atoms with Crippen LogP contribution in [0.25, 0.3) is 0 Å². The Morgan fingerprint density at radius 1 is 0.292 bits per heavy atom. The molecular weight excluding hydrogens is 1260 g/mol. The Balaban J connectivity index is 5.18. The number of carbonyl (C=O) groups is 4. The molecule has 17 nitrogen and oxygen atoms in total. The van der Waals surface area contributed by atoms with Crippen LogP contribution in [0.15, 0.2) is 0 Å². The lowest BCUT2D eigenvalue weighted by Gasteiger charge is -2.21. The molecular formula is C77H150O17P2. The molecule has 19 heteroatoms. The molecule has 0 saturated heterocycles. The van der Waals surface area contributed by atoms with Crippen LogP contribution in [-0.4, -0.2) is 96.7 Å². The van der Waals surface area contributed by atoms with Gasteiger partial charge < -0.3 is 33.8 Å². The number of esters is 4. The number of aliphatic hydroxyl groups is 1. The summed E-state index contributed by atoms with van der Waals surface area (Å²) >= 11 is 0. The van der Waals surface area contributed by atoms with Gasteiger partial charge >= 0.3 is 39.5 Å². The van der Waals surface area contributed by atoms with E-state index in [0.29, 0.717) is 31.6 Å². The minimum absolute atomic E-state index is 0.103. The highest BCUT2D eigenvalue weighted by atomic mass is 31.2. The van der Waals surface area contributed by atoms with Crippen LogP contribution in [0.1, 0.15) is 389 Å². The fourth-order valence-corrected chi connectivity index (χ4v) is 13.2. The van der Waals surface area contributed by atoms with Gasteiger partial charge in [-0.15, -0.1) is 0 Å². The number of hydrogen-bond donors (Lipinski definition) is 3. The maximum Gasteiger partial charge on any atom is 0.472 e. The van der Waals surface area contributed by atoms with Gasteiger partial charge in [-0.3, -0.25) is 37.3 Å². The largest absolute Gasteiger partial charge is 0.472 e. The van der Waals surface area contributed by atoms with Crippen molar-refractivity contribution in [1.29, 1.82) is 0 Å². The quantitative estimate of drug-likeness (QED) is 0.0222. The Hall–Kier alpha value is -1.94. The number of carbonyl (C=O) groups excluding carboxylic acids is 4. The molecule has 0 aliphatic heterocycles. The number of phosphoric ester groups is 2. The fourth-order valence-electron chi connectivity index (χ4n) is 11.7. The summed E-state index contributed by atoms with van der Waals surface area (Å²) in [5.74, 6) is 0.954. The van der Waals surface area contributed by atoms with Crippen molar-refractivity contribution in [2.75, 3.05) is 39.6 Å². The number of aliphatic hydroxyl groups excluding tert-OH is 1. The summed E-state index contributed by atoms with van der Waals surface area (Å²) < 4.78 is 68.5. The summed E-state index contributed by atoms with van der Waals surface area (Å²) in [5, 5.41) is 10.6. The zero-order chi connectivity index (χ0) is 71.0. The van der Waals surface area contributed by atoms with E-state index in [0.717, 1.165) is 114 Å². The highest BCUT2D eigenvalue weighted by Crippen LogP contribution is 2.45. The summed E-state index contributed by atoms with van der Waals surface area (Å²) in [7, 11) is -9.91. The molecule has 0 rings (SSSR count). The second kappa shape index (κ2) is 66.3. The fraction of sp³-hybridized carbons (Fsp3) is 0.948. The number of hydrogen-bond acceptors (Lipinski definition) is 15. The van der Waals surface area contributed by atoms with E-state index >= 15 is 0 Å². The van der Waals surface area contributed by atoms with Gasteiger partial charge in [-0.2, -0.15) is 0 Å². The van der Waals surface area contributed by atoms with Crippen LogP contribution in [0.4, 0.5) is 0 Å². The zero-order valence-electron chi connectivity index (χ0n) is 63.0. The van der Waals surface area contributed by atoms with E-state index in [1.54, 1.807) is 0 Å². The Morgan fingerprint density at radius 2 is 0.500 bits per heavy atom. The molecule has 7 atom stereocenters. The maximum absolute atomic E-state index is 13.1. The SMILES string of the molecule is CCC(C)CCCCCCCCCCCCCCCCC(=O)OC[C@H](COP(=O)(O)OCC(O)COP(=O)(O)OC[C@@H](COC(=O)CCCCCCCCCC(C)C)OC(=O)CCCCCCCCCCCCCCCCCC(C)C)OC(=O)CCCCCCCCC(C)CC. The highest BCUT2D eigenvalue weighted by Gasteiger charge is 2.30. The molecule has 0 saturated carbocycles. The molecule has 96 heavy (non-hydrogen) atoms. The van der Waals surface area contributed by atoms with Gasteiger partial charge in [-0.1, -0.05) is 338 Å². The molecule has 0 amide bonds. The van der Waals surface area contributed by atoms with Crippen molar-refractivity contribution in [2.24, 2.45) is 23.7 Å². The van der Waals surface area contributed by atoms with Crippen molar-refractivity contribution in [3.63, 3.8) is 0 Å². The number of phosphoric acid groups is 2. The first-order valence-electron chi connectivity index (χ1n) is 39.8. The van der Waals surface area contributed by atoms with Gasteiger partial charge in [0.2, 0.25) is 0 Å². The molecule has 0 aliphatic rings. The number of ether oxygens (including phenoxy) is 4. The molecule has 570 valence electrons. The topological polar surface area (TPSA) is 237 Å². The summed E-state index contributed by atoms with van der Waals surface area (Å²) in [5.41, 5.74) is 0. The molecule has 0 aromatic heterocycles. The van der Waals surface area contributed by atoms with Crippen LogP contribution in [-0.2, 0) is 65.4 Å². The molecule has 3 N–H and O–H groups in total. The average molecular weight is 1410 g/mol. The lowest BCUT2D eigenvalue weighted by molar-refractivity contribution is -0.161. The molecule has 0 spiro atoms. The van der Waals surface area contributed by atoms with Crippen molar-refractivity contribution in [3.8, 4) is 0 Å². The third-order valence-electron chi connectivity index (χ3n) is 18.5. The lowest BCUT2D eigenvalue weighted by Crippen LogP contribution is -2.30. The Kier molecular flexibility index (Phi) is 65.0. The Labute approximate surface area is 588 Å². The van der Waals surface area contributed by atoms with E-state index in [4.69, 9.17) is 37.0 Å². The molecule has 0 aromatic rings. The summed E-state index contributed by atoms with van der Waals surface area (Å²) in [6.07, 6.45) is 51.5. The Morgan fingerprint density at radius 3 is 0.740 bits per heavy atom. The molecule has 0 radical (unpaired) electrons. The molecule has 0 aromatic carbocycles. The van der Waals surface area contributed by atoms with Crippen molar-refractivity contribution in [1.82, 2.24) is 0 Å². The van der Waals surface area contributed by atoms with E-state index in [9.17, 15) is 43.2 Å². The van der Waals surface area contributed by atoms with Crippen LogP contribution >= 0.6 is 15.6 Å². The molecule has 0 bridgehead atoms. The number of unbranched alkanes of at least 4 members (excludes halogenated alkanes) is 38. The predicted octanol–water partition coefficient (Wildman–Crippen LogP) is 22.4. The highest BCUT2D eigenvalue weighted by molar-refractivity contribution is 7.47. The van der Waals surface area contributed by atoms with Crippen LogP contribution in [0.3, 0.4) is 0 Å². The van der Waals surface area contributed by atoms with Gasteiger partial charge in [0.1, 0.15) is 19.3 Å². The number of rotatable bonds is 74. The van der Waals surface area contributed by atoms with E-state index in [1.165, 1.54) is 186 Å². The maximum atomic E-state index is 13.1. The minimum atomic E-state index is -4.96. The van der Waals surface area contributed by atoms with Gasteiger partial charge in [0.15, 0.2) is 12.2 Å². The molecule has 0 fully saturated rings. The first-order chi connectivity index (χ1) is 46.2. The van der Waals surface area contributed by atoms with Crippen LogP contribution in [0.2, 0.25) is 0 Å². The summed E-state index contributed by atoms with van der Waals surface area (Å²) in [6, 6.07) is 0. The van der Waals surface area contributed by atoms with Crippen molar-refractivity contribution in [2.45, 2.75) is 408 Å². The van der Waals surface area contributed by atoms with Gasteiger partial charge in [0.25, 0.3) is 0 Å². The standard InChI is InChI=1S/C77H150O17P2/c1-9-69(7)55-47-39-31-25-21-17-14-15-18-22-26-32-41-49-57-74(79)87-64-73(94-77(82)60-52-44-36-35-40-48-56-70(8)10-2)66-92-96(85,86)90-62-71(78)61-89-95(83,84)91-65-72(63-88-75(80)58-50-42-34-28-30-38-46-54-68(5)6)93-76(81)59-51-43-33-27-23-19-13-11-12-16-20-24-29-37-45-53-67(3)4/h67-73,78H,9-66H2,1-8H3,(H,83,84)(H,85,86)/t69?,70?,71?,72-,73-/m1/s1. The summed E-state index contributed by atoms with van der Waals surface area (Å²) in [6.45, 7) is 14.2. The smallest absolute Gasteiger partial charge is 0.462 e. The zero-order valence-corrected chi connectivity index (χ0v) is 64.8. The monoisotopic (exact) mass is 1410 g/mol. The van der Waals surface area contributed by atoms with Gasteiger partial charge in [-0.05, 0) is 49.4 Å². The average Bonchev–Trinajstić information content (AvgIpc) is 3.08. The second-order valence-corrected chi connectivity index (χ2v) is 32.1. The van der Waals surface area contributed by atoms with Crippen LogP contribution < -0.4 is 0 Å². The normalized spacial score (nSPS) is 14.7. The van der Waals surface area contributed by atoms with Crippen molar-refractivity contribution >= 4 is 39.5 Å². The molecule has 5 unspecified atom stereocenters. The minimum Gasteiger partial charge on any atom is -0.462 e. The van der Waals surface area contributed by atoms with Crippen LogP contribution in [0.5, 0.6) is 0 Å². The van der Waals surface area contributed by atoms with Gasteiger partial charge in [0, 0.05) is 25.7 Å². The third kappa shape index (κ3) is 67.9. The first-order valence-corrected chi connectivity index (χ1v) is 42.8. The van der Waals surface area contributed by atoms with E-state index in [1.807, 2.05) is 0 Å². The van der Waals surface area contributed by atoms with Crippen LogP contribution in [0, 0.1) is 23.7 Å². The summed E-state index contributed by atoms with van der Waals surface area (Å²) in [4.78, 5) is 72.8. The van der Waals surface area contributed by atoms with E-state index in [2.05, 4.69) is 55.4 Å². The second-order valence-electron chi connectivity index (χ2n) is 29.2. The van der Waals surface area contributed by atoms with E-state index < -0.39 is 97.5 Å². The van der Waals surface area contributed by atoms with Gasteiger partial charge in [-0.25, -0.2) is 9.13 Å². The molecule has 0 aliphatic carbocycles. The Bertz CT molecular complexity index is 1890. The predicted molar refractivity (Wildman–Crippen MR) is 391 cm³/mol. The third-order valence-corrected chi connectivity index (χ3v) is 20.4. The van der Waals surface area contributed by atoms with Crippen molar-refractivity contribution in [3.05, 3.63) is 0 Å². The van der Waals surface area contributed by atoms with E-state index in [-0.39, 0.29) is 25.7 Å². The van der Waals surface area contributed by atoms with Gasteiger partial charge in [0.05, 0.1) is 26.4 Å². The molecule has 0 heterocycles. The first kappa shape index (κ1) is 94.1.